The number of nitrogens with zero attached hydrogens (tertiary/aromatic N) is 1. The Morgan fingerprint density at radius 3 is 2.80 bits per heavy atom. The van der Waals surface area contributed by atoms with E-state index in [2.05, 4.69) is 25.1 Å². The van der Waals surface area contributed by atoms with Gasteiger partial charge in [0.25, 0.3) is 0 Å². The summed E-state index contributed by atoms with van der Waals surface area (Å²) < 4.78 is 5.69. The van der Waals surface area contributed by atoms with Crippen LogP contribution in [0.1, 0.15) is 18.9 Å². The van der Waals surface area contributed by atoms with Crippen molar-refractivity contribution in [2.24, 2.45) is 0 Å². The third kappa shape index (κ3) is 5.59. The molecular formula is C12H15NOSe. The molecule has 2 nitrogen and oxygen atoms in total. The molecule has 0 saturated carbocycles. The maximum atomic E-state index is 8.41. The van der Waals surface area contributed by atoms with Gasteiger partial charge in [-0.25, -0.2) is 0 Å². The van der Waals surface area contributed by atoms with Gasteiger partial charge >= 0.3 is 97.2 Å². The van der Waals surface area contributed by atoms with E-state index in [0.29, 0.717) is 33.0 Å². The van der Waals surface area contributed by atoms with E-state index in [1.54, 1.807) is 0 Å². The third-order valence-electron chi connectivity index (χ3n) is 1.89. The molecule has 3 heteroatoms. The normalized spacial score (nSPS) is 12.0. The molecule has 1 atom stereocenters. The van der Waals surface area contributed by atoms with E-state index >= 15 is 0 Å². The van der Waals surface area contributed by atoms with E-state index in [1.165, 1.54) is 5.56 Å². The minimum atomic E-state index is 0.297. The summed E-state index contributed by atoms with van der Waals surface area (Å²) >= 11 is 0.421. The summed E-state index contributed by atoms with van der Waals surface area (Å²) in [7, 11) is 0. The Labute approximate surface area is 97.4 Å². The molecule has 0 aliphatic carbocycles. The third-order valence-corrected chi connectivity index (χ3v) is 4.09. The summed E-state index contributed by atoms with van der Waals surface area (Å²) in [5.41, 5.74) is 1.21. The molecule has 0 amide bonds. The summed E-state index contributed by atoms with van der Waals surface area (Å²) in [5, 5.41) is 9.69. The van der Waals surface area contributed by atoms with Gasteiger partial charge in [-0.3, -0.25) is 0 Å². The Morgan fingerprint density at radius 1 is 1.40 bits per heavy atom. The van der Waals surface area contributed by atoms with Crippen LogP contribution in [0.25, 0.3) is 0 Å². The van der Waals surface area contributed by atoms with Gasteiger partial charge in [0.05, 0.1) is 0 Å². The fraction of sp³-hybridized carbons (Fsp3) is 0.417. The van der Waals surface area contributed by atoms with Gasteiger partial charge in [0, 0.05) is 0 Å². The molecule has 80 valence electrons. The Balaban J connectivity index is 2.17. The topological polar surface area (TPSA) is 33.0 Å². The summed E-state index contributed by atoms with van der Waals surface area (Å²) in [4.78, 5) is 0. The molecule has 1 aromatic carbocycles. The van der Waals surface area contributed by atoms with E-state index in [9.17, 15) is 0 Å². The minimum absolute atomic E-state index is 0.297. The van der Waals surface area contributed by atoms with Crippen molar-refractivity contribution >= 4 is 15.0 Å². The Hall–Kier alpha value is -0.811. The molecule has 0 spiro atoms. The number of hydrogen-bond acceptors (Lipinski definition) is 2. The van der Waals surface area contributed by atoms with Gasteiger partial charge in [-0.05, 0) is 0 Å². The Morgan fingerprint density at radius 2 is 2.13 bits per heavy atom. The molecule has 0 aromatic heterocycles. The molecule has 0 bridgehead atoms. The van der Waals surface area contributed by atoms with E-state index in [-0.39, 0.29) is 0 Å². The second-order valence-corrected chi connectivity index (χ2v) is 6.09. The second kappa shape index (κ2) is 7.48. The summed E-state index contributed by atoms with van der Waals surface area (Å²) in [6.45, 7) is 2.76. The molecule has 1 unspecified atom stereocenters. The summed E-state index contributed by atoms with van der Waals surface area (Å²) in [6.07, 6.45) is 0.652. The van der Waals surface area contributed by atoms with Crippen LogP contribution in [-0.4, -0.2) is 20.0 Å². The van der Waals surface area contributed by atoms with Crippen molar-refractivity contribution < 1.29 is 4.74 Å². The molecule has 0 aliphatic heterocycles. The first-order chi connectivity index (χ1) is 7.33. The molecule has 0 aliphatic rings. The van der Waals surface area contributed by atoms with Crippen LogP contribution in [0.3, 0.4) is 0 Å². The number of rotatable bonds is 6. The second-order valence-electron chi connectivity index (χ2n) is 3.14. The monoisotopic (exact) mass is 269 g/mol. The molecule has 1 aromatic rings. The average molecular weight is 268 g/mol. The first kappa shape index (κ1) is 12.3. The van der Waals surface area contributed by atoms with Crippen LogP contribution in [0.5, 0.6) is 0 Å². The van der Waals surface area contributed by atoms with E-state index in [0.717, 1.165) is 5.32 Å². The van der Waals surface area contributed by atoms with Crippen molar-refractivity contribution in [1.82, 2.24) is 0 Å². The van der Waals surface area contributed by atoms with Crippen molar-refractivity contribution in [2.45, 2.75) is 30.3 Å². The molecule has 1 rings (SSSR count). The van der Waals surface area contributed by atoms with Gasteiger partial charge in [0.1, 0.15) is 0 Å². The van der Waals surface area contributed by atoms with Gasteiger partial charge in [-0.2, -0.15) is 0 Å². The van der Waals surface area contributed by atoms with Crippen LogP contribution in [0.2, 0.25) is 5.32 Å². The van der Waals surface area contributed by atoms with Crippen LogP contribution >= 0.6 is 0 Å². The fourth-order valence-corrected chi connectivity index (χ4v) is 2.59. The number of benzene rings is 1. The van der Waals surface area contributed by atoms with E-state index in [4.69, 9.17) is 10.00 Å². The van der Waals surface area contributed by atoms with Gasteiger partial charge in [0.15, 0.2) is 0 Å². The van der Waals surface area contributed by atoms with Crippen LogP contribution < -0.4 is 0 Å². The van der Waals surface area contributed by atoms with Gasteiger partial charge < -0.3 is 0 Å². The number of hydrogen-bond donors (Lipinski definition) is 0. The Bertz CT molecular complexity index is 307. The predicted molar refractivity (Wildman–Crippen MR) is 61.5 cm³/mol. The maximum absolute atomic E-state index is 8.41. The summed E-state index contributed by atoms with van der Waals surface area (Å²) in [5.74, 6) is 0. The van der Waals surface area contributed by atoms with Gasteiger partial charge in [-0.1, -0.05) is 0 Å². The fourth-order valence-electron chi connectivity index (χ4n) is 1.11. The van der Waals surface area contributed by atoms with Crippen molar-refractivity contribution in [1.29, 1.82) is 5.26 Å². The van der Waals surface area contributed by atoms with Crippen LogP contribution in [0, 0.1) is 11.3 Å². The molecule has 0 radical (unpaired) electrons. The van der Waals surface area contributed by atoms with Crippen LogP contribution in [-0.2, 0) is 11.3 Å². The molecule has 0 heterocycles. The van der Waals surface area contributed by atoms with Crippen molar-refractivity contribution in [3.8, 4) is 6.07 Å². The van der Waals surface area contributed by atoms with Crippen molar-refractivity contribution in [3.05, 3.63) is 35.9 Å². The molecule has 0 saturated heterocycles. The zero-order chi connectivity index (χ0) is 10.9. The van der Waals surface area contributed by atoms with E-state index < -0.39 is 0 Å². The summed E-state index contributed by atoms with van der Waals surface area (Å²) in [6, 6.07) is 12.3. The molecule has 15 heavy (non-hydrogen) atoms. The van der Waals surface area contributed by atoms with Gasteiger partial charge in [-0.15, -0.1) is 0 Å². The number of nitriles is 1. The first-order valence-electron chi connectivity index (χ1n) is 4.97. The Kier molecular flexibility index (Phi) is 6.11. The molecule has 0 fully saturated rings. The average Bonchev–Trinajstić information content (AvgIpc) is 2.28. The van der Waals surface area contributed by atoms with Crippen molar-refractivity contribution in [2.75, 3.05) is 0 Å². The van der Waals surface area contributed by atoms with E-state index in [1.807, 2.05) is 18.2 Å². The van der Waals surface area contributed by atoms with Crippen molar-refractivity contribution in [3.63, 3.8) is 0 Å². The standard InChI is InChI=1S/C12H15NOSe/c1-11(15-9-5-8-13)14-10-12-6-3-2-4-7-12/h2-4,6-7,11H,5,9-10H2,1H3. The van der Waals surface area contributed by atoms with Crippen LogP contribution in [0.15, 0.2) is 30.3 Å². The van der Waals surface area contributed by atoms with Gasteiger partial charge in [0.2, 0.25) is 0 Å². The SMILES string of the molecule is CC(OCc1ccccc1)[Se]CCC#N. The zero-order valence-corrected chi connectivity index (χ0v) is 10.6. The predicted octanol–water partition coefficient (Wildman–Crippen LogP) is 2.59. The first-order valence-corrected chi connectivity index (χ1v) is 7.17. The zero-order valence-electron chi connectivity index (χ0n) is 8.85. The quantitative estimate of drug-likeness (QED) is 0.587. The molecular weight excluding hydrogens is 253 g/mol. The number of ether oxygens (including phenoxy) is 1. The molecule has 0 N–H and O–H groups in total. The van der Waals surface area contributed by atoms with Crippen LogP contribution in [0.4, 0.5) is 0 Å².